The van der Waals surface area contributed by atoms with Crippen LogP contribution in [-0.4, -0.2) is 66.3 Å². The van der Waals surface area contributed by atoms with Gasteiger partial charge >= 0.3 is 13.8 Å². The second kappa shape index (κ2) is 41.6. The Morgan fingerprint density at radius 1 is 0.574 bits per heavy atom. The van der Waals surface area contributed by atoms with Gasteiger partial charge < -0.3 is 24.6 Å². The molecular weight excluding hydrogens is 703 g/mol. The predicted octanol–water partition coefficient (Wildman–Crippen LogP) is 12.3. The molecule has 9 nitrogen and oxygen atoms in total. The highest BCUT2D eigenvalue weighted by Crippen LogP contribution is 2.43. The highest BCUT2D eigenvalue weighted by Gasteiger charge is 2.26. The third-order valence-electron chi connectivity index (χ3n) is 9.64. The predicted molar refractivity (Wildman–Crippen MR) is 224 cm³/mol. The summed E-state index contributed by atoms with van der Waals surface area (Å²) in [6, 6.07) is 0. The van der Waals surface area contributed by atoms with Crippen molar-refractivity contribution in [1.29, 1.82) is 0 Å². The lowest BCUT2D eigenvalue weighted by Gasteiger charge is -2.20. The normalized spacial score (nSPS) is 14.2. The minimum absolute atomic E-state index is 0.0459. The zero-order valence-corrected chi connectivity index (χ0v) is 35.8. The molecule has 0 fully saturated rings. The number of allylic oxidation sites excluding steroid dienone is 4. The van der Waals surface area contributed by atoms with E-state index >= 15 is 0 Å². The fourth-order valence-corrected chi connectivity index (χ4v) is 6.99. The van der Waals surface area contributed by atoms with E-state index in [1.54, 1.807) is 0 Å². The van der Waals surface area contributed by atoms with E-state index in [-0.39, 0.29) is 25.6 Å². The molecule has 0 saturated heterocycles. The van der Waals surface area contributed by atoms with Gasteiger partial charge in [-0.2, -0.15) is 0 Å². The maximum absolute atomic E-state index is 12.6. The number of hydrogen-bond acceptors (Lipinski definition) is 8. The minimum atomic E-state index is -4.52. The van der Waals surface area contributed by atoms with E-state index < -0.39 is 33.2 Å². The van der Waals surface area contributed by atoms with Gasteiger partial charge in [0.05, 0.1) is 26.4 Å². The number of aliphatic hydroxyl groups excluding tert-OH is 2. The van der Waals surface area contributed by atoms with E-state index in [4.69, 9.17) is 23.6 Å². The van der Waals surface area contributed by atoms with Gasteiger partial charge in [-0.1, -0.05) is 186 Å². The van der Waals surface area contributed by atoms with Gasteiger partial charge in [0.15, 0.2) is 0 Å². The van der Waals surface area contributed by atoms with Gasteiger partial charge in [0.1, 0.15) is 12.2 Å². The Kier molecular flexibility index (Phi) is 40.8. The quantitative estimate of drug-likeness (QED) is 0.0239. The lowest BCUT2D eigenvalue weighted by Crippen LogP contribution is -2.29. The van der Waals surface area contributed by atoms with E-state index in [2.05, 4.69) is 38.2 Å². The molecule has 0 aliphatic carbocycles. The van der Waals surface area contributed by atoms with Gasteiger partial charge in [0.25, 0.3) is 0 Å². The van der Waals surface area contributed by atoms with Crippen LogP contribution < -0.4 is 0 Å². The first-order chi connectivity index (χ1) is 26.3. The Labute approximate surface area is 332 Å². The smallest absolute Gasteiger partial charge is 0.457 e. The first-order valence-electron chi connectivity index (χ1n) is 22.3. The van der Waals surface area contributed by atoms with Crippen molar-refractivity contribution in [2.24, 2.45) is 0 Å². The molecule has 0 radical (unpaired) electrons. The zero-order chi connectivity index (χ0) is 39.6. The molecule has 3 N–H and O–H groups in total. The molecule has 320 valence electrons. The molecule has 0 aliphatic rings. The molecule has 54 heavy (non-hydrogen) atoms. The molecule has 3 atom stereocenters. The van der Waals surface area contributed by atoms with Crippen LogP contribution in [0.5, 0.6) is 0 Å². The molecule has 3 unspecified atom stereocenters. The van der Waals surface area contributed by atoms with Crippen LogP contribution in [0.1, 0.15) is 206 Å². The number of phosphoric acid groups is 1. The van der Waals surface area contributed by atoms with E-state index in [9.17, 15) is 19.4 Å². The highest BCUT2D eigenvalue weighted by molar-refractivity contribution is 7.47. The summed E-state index contributed by atoms with van der Waals surface area (Å²) < 4.78 is 33.4. The molecule has 0 saturated carbocycles. The average Bonchev–Trinajstić information content (AvgIpc) is 3.16. The first kappa shape index (κ1) is 52.9. The summed E-state index contributed by atoms with van der Waals surface area (Å²) in [6.07, 6.45) is 42.7. The minimum Gasteiger partial charge on any atom is -0.457 e. The number of aliphatic hydroxyl groups is 2. The van der Waals surface area contributed by atoms with Crippen molar-refractivity contribution >= 4 is 13.8 Å². The largest absolute Gasteiger partial charge is 0.472 e. The third-order valence-corrected chi connectivity index (χ3v) is 10.6. The van der Waals surface area contributed by atoms with Crippen LogP contribution in [0.15, 0.2) is 24.3 Å². The number of esters is 1. The molecule has 0 spiro atoms. The van der Waals surface area contributed by atoms with Crippen molar-refractivity contribution < 1.29 is 43.0 Å². The molecule has 0 bridgehead atoms. The van der Waals surface area contributed by atoms with Gasteiger partial charge in [-0.15, -0.1) is 0 Å². The Morgan fingerprint density at radius 3 is 1.54 bits per heavy atom. The van der Waals surface area contributed by atoms with Crippen LogP contribution in [0, 0.1) is 0 Å². The summed E-state index contributed by atoms with van der Waals surface area (Å²) in [7, 11) is -4.52. The summed E-state index contributed by atoms with van der Waals surface area (Å²) in [5, 5.41) is 18.3. The van der Waals surface area contributed by atoms with Crippen LogP contribution in [0.3, 0.4) is 0 Å². The molecule has 0 heterocycles. The number of hydrogen-bond donors (Lipinski definition) is 3. The van der Waals surface area contributed by atoms with E-state index in [0.717, 1.165) is 51.4 Å². The van der Waals surface area contributed by atoms with Crippen LogP contribution in [0.4, 0.5) is 0 Å². The van der Waals surface area contributed by atoms with Crippen molar-refractivity contribution in [2.75, 3.05) is 33.0 Å². The topological polar surface area (TPSA) is 132 Å². The first-order valence-corrected chi connectivity index (χ1v) is 23.8. The second-order valence-corrected chi connectivity index (χ2v) is 16.5. The summed E-state index contributed by atoms with van der Waals surface area (Å²) in [5.41, 5.74) is 0. The Morgan fingerprint density at radius 2 is 1.02 bits per heavy atom. The summed E-state index contributed by atoms with van der Waals surface area (Å²) in [4.78, 5) is 22.6. The van der Waals surface area contributed by atoms with Gasteiger partial charge in [-0.05, 0) is 38.5 Å². The summed E-state index contributed by atoms with van der Waals surface area (Å²) >= 11 is 0. The maximum atomic E-state index is 12.6. The molecule has 0 aliphatic heterocycles. The van der Waals surface area contributed by atoms with Gasteiger partial charge in [-0.25, -0.2) is 4.57 Å². The molecule has 0 aromatic heterocycles. The van der Waals surface area contributed by atoms with Crippen LogP contribution in [-0.2, 0) is 27.9 Å². The van der Waals surface area contributed by atoms with E-state index in [0.29, 0.717) is 6.61 Å². The lowest BCUT2D eigenvalue weighted by molar-refractivity contribution is -0.154. The Bertz CT molecular complexity index is 897. The van der Waals surface area contributed by atoms with Crippen LogP contribution >= 0.6 is 7.82 Å². The summed E-state index contributed by atoms with van der Waals surface area (Å²) in [5.74, 6) is -0.383. The van der Waals surface area contributed by atoms with Gasteiger partial charge in [-0.3, -0.25) is 13.8 Å². The second-order valence-electron chi connectivity index (χ2n) is 15.1. The number of ether oxygens (including phenoxy) is 2. The SMILES string of the molecule is CCCC/C=C\C/C=C\CCCCCCCCOCC(COP(=O)(O)OCC(O)CO)OC(=O)CCCCCCCCCCCCCCCCCCCC. The molecule has 10 heteroatoms. The standard InChI is InChI=1S/C44H85O9P/c1-3-5-7-9-11-13-15-17-19-20-21-22-24-26-28-30-32-34-36-44(47)53-43(41-52-54(48,49)51-39-42(46)38-45)40-50-37-35-33-31-29-27-25-23-18-16-14-12-10-8-6-4-2/h10,12,16,18,42-43,45-46H,3-9,11,13-15,17,19-41H2,1-2H3,(H,48,49)/b12-10-,18-16-. The maximum Gasteiger partial charge on any atom is 0.472 e. The van der Waals surface area contributed by atoms with E-state index in [1.807, 2.05) is 0 Å². The molecule has 0 amide bonds. The summed E-state index contributed by atoms with van der Waals surface area (Å²) in [6.45, 7) is 3.49. The monoisotopic (exact) mass is 789 g/mol. The molecule has 0 aromatic rings. The van der Waals surface area contributed by atoms with Crippen molar-refractivity contribution in [3.63, 3.8) is 0 Å². The van der Waals surface area contributed by atoms with Crippen LogP contribution in [0.2, 0.25) is 0 Å². The zero-order valence-electron chi connectivity index (χ0n) is 35.0. The Hall–Kier alpha value is -1.06. The molecule has 0 rings (SSSR count). The number of rotatable bonds is 43. The number of phosphoric ester groups is 1. The lowest BCUT2D eigenvalue weighted by atomic mass is 10.0. The van der Waals surface area contributed by atoms with Gasteiger partial charge in [0.2, 0.25) is 0 Å². The van der Waals surface area contributed by atoms with Crippen molar-refractivity contribution in [3.05, 3.63) is 24.3 Å². The average molecular weight is 789 g/mol. The van der Waals surface area contributed by atoms with Crippen molar-refractivity contribution in [3.8, 4) is 0 Å². The number of carbonyl (C=O) groups excluding carboxylic acids is 1. The molecule has 0 aromatic carbocycles. The number of unbranched alkanes of at least 4 members (excludes halogenated alkanes) is 25. The number of carbonyl (C=O) groups is 1. The fourth-order valence-electron chi connectivity index (χ4n) is 6.20. The third kappa shape index (κ3) is 40.6. The van der Waals surface area contributed by atoms with Crippen molar-refractivity contribution in [2.45, 2.75) is 219 Å². The fraction of sp³-hybridized carbons (Fsp3) is 0.886. The van der Waals surface area contributed by atoms with Crippen molar-refractivity contribution in [1.82, 2.24) is 0 Å². The van der Waals surface area contributed by atoms with Gasteiger partial charge in [0, 0.05) is 13.0 Å². The molecular formula is C44H85O9P. The van der Waals surface area contributed by atoms with Crippen LogP contribution in [0.25, 0.3) is 0 Å². The Balaban J connectivity index is 4.13. The van der Waals surface area contributed by atoms with E-state index in [1.165, 1.54) is 135 Å². The highest BCUT2D eigenvalue weighted by atomic mass is 31.2.